The van der Waals surface area contributed by atoms with Crippen LogP contribution >= 0.6 is 0 Å². The van der Waals surface area contributed by atoms with Crippen LogP contribution in [0, 0.1) is 5.82 Å². The van der Waals surface area contributed by atoms with Crippen molar-refractivity contribution in [3.8, 4) is 0 Å². The zero-order valence-corrected chi connectivity index (χ0v) is 7.59. The number of hydrogen-bond acceptors (Lipinski definition) is 3. The van der Waals surface area contributed by atoms with Gasteiger partial charge in [-0.3, -0.25) is 4.79 Å². The lowest BCUT2D eigenvalue weighted by Gasteiger charge is -2.08. The van der Waals surface area contributed by atoms with Gasteiger partial charge in [0.15, 0.2) is 0 Å². The molecule has 76 valence electrons. The summed E-state index contributed by atoms with van der Waals surface area (Å²) >= 11 is 0. The van der Waals surface area contributed by atoms with Crippen LogP contribution in [0.2, 0.25) is 0 Å². The van der Waals surface area contributed by atoms with Crippen LogP contribution in [0.1, 0.15) is 6.42 Å². The predicted octanol–water partition coefficient (Wildman–Crippen LogP) is 0.695. The first-order valence-electron chi connectivity index (χ1n) is 4.17. The van der Waals surface area contributed by atoms with Gasteiger partial charge in [0, 0.05) is 13.0 Å². The van der Waals surface area contributed by atoms with Gasteiger partial charge in [-0.05, 0) is 12.1 Å². The van der Waals surface area contributed by atoms with E-state index in [1.165, 1.54) is 12.1 Å². The molecule has 5 N–H and O–H groups in total. The van der Waals surface area contributed by atoms with E-state index >= 15 is 0 Å². The van der Waals surface area contributed by atoms with Gasteiger partial charge in [-0.1, -0.05) is 6.07 Å². The summed E-state index contributed by atoms with van der Waals surface area (Å²) < 4.78 is 12.9. The molecular formula is C9H12FN3O. The Balaban J connectivity index is 2.59. The first kappa shape index (κ1) is 10.3. The van der Waals surface area contributed by atoms with Crippen LogP contribution in [-0.2, 0) is 4.79 Å². The minimum absolute atomic E-state index is 0.0528. The molecule has 14 heavy (non-hydrogen) atoms. The van der Waals surface area contributed by atoms with Crippen molar-refractivity contribution in [3.63, 3.8) is 0 Å². The number of carbonyl (C=O) groups excluding carboxylic acids is 1. The molecule has 0 atom stereocenters. The Labute approximate surface area is 81.1 Å². The highest BCUT2D eigenvalue weighted by molar-refractivity contribution is 5.75. The second-order valence-corrected chi connectivity index (χ2v) is 2.84. The largest absolute Gasteiger partial charge is 0.395 e. The maximum absolute atomic E-state index is 12.9. The van der Waals surface area contributed by atoms with Gasteiger partial charge in [-0.25, -0.2) is 4.39 Å². The summed E-state index contributed by atoms with van der Waals surface area (Å²) in [4.78, 5) is 10.4. The third-order valence-corrected chi connectivity index (χ3v) is 1.74. The first-order chi connectivity index (χ1) is 6.61. The summed E-state index contributed by atoms with van der Waals surface area (Å²) in [6.07, 6.45) is 0.190. The molecule has 0 spiro atoms. The average Bonchev–Trinajstić information content (AvgIpc) is 2.12. The number of hydrogen-bond donors (Lipinski definition) is 3. The van der Waals surface area contributed by atoms with Crippen LogP contribution in [0.3, 0.4) is 0 Å². The number of nitrogen functional groups attached to an aromatic ring is 1. The van der Waals surface area contributed by atoms with Crippen molar-refractivity contribution in [2.45, 2.75) is 6.42 Å². The van der Waals surface area contributed by atoms with Crippen LogP contribution in [-0.4, -0.2) is 12.5 Å². The smallest absolute Gasteiger partial charge is 0.219 e. The van der Waals surface area contributed by atoms with Crippen molar-refractivity contribution in [3.05, 3.63) is 24.0 Å². The molecule has 0 heterocycles. The van der Waals surface area contributed by atoms with Crippen LogP contribution < -0.4 is 16.8 Å². The summed E-state index contributed by atoms with van der Waals surface area (Å²) in [7, 11) is 0. The topological polar surface area (TPSA) is 81.1 Å². The first-order valence-corrected chi connectivity index (χ1v) is 4.17. The molecule has 1 amide bonds. The number of nitrogens with two attached hydrogens (primary N) is 2. The highest BCUT2D eigenvalue weighted by Gasteiger charge is 2.03. The molecule has 0 aliphatic rings. The van der Waals surface area contributed by atoms with E-state index in [2.05, 4.69) is 5.32 Å². The summed E-state index contributed by atoms with van der Waals surface area (Å²) in [5.74, 6) is -0.887. The molecule has 1 aromatic rings. The second-order valence-electron chi connectivity index (χ2n) is 2.84. The standard InChI is InChI=1S/C9H12FN3O/c10-6-2-1-3-7(9(6)12)13-5-4-8(11)14/h1-3,13H,4-5,12H2,(H2,11,14). The van der Waals surface area contributed by atoms with Gasteiger partial charge in [0.05, 0.1) is 11.4 Å². The zero-order chi connectivity index (χ0) is 10.6. The Bertz CT molecular complexity index is 341. The van der Waals surface area contributed by atoms with E-state index in [1.807, 2.05) is 0 Å². The molecule has 0 saturated carbocycles. The lowest BCUT2D eigenvalue weighted by molar-refractivity contribution is -0.117. The fourth-order valence-electron chi connectivity index (χ4n) is 1.01. The van der Waals surface area contributed by atoms with Crippen molar-refractivity contribution < 1.29 is 9.18 Å². The third kappa shape index (κ3) is 2.62. The lowest BCUT2D eigenvalue weighted by Crippen LogP contribution is -2.16. The number of benzene rings is 1. The Morgan fingerprint density at radius 2 is 2.21 bits per heavy atom. The van der Waals surface area contributed by atoms with Gasteiger partial charge in [0.25, 0.3) is 0 Å². The predicted molar refractivity (Wildman–Crippen MR) is 53.1 cm³/mol. The number of nitrogens with one attached hydrogen (secondary N) is 1. The van der Waals surface area contributed by atoms with E-state index in [0.29, 0.717) is 12.2 Å². The fraction of sp³-hybridized carbons (Fsp3) is 0.222. The summed E-state index contributed by atoms with van der Waals surface area (Å²) in [6, 6.07) is 4.45. The molecule has 0 aromatic heterocycles. The number of anilines is 2. The monoisotopic (exact) mass is 197 g/mol. The molecule has 0 aliphatic carbocycles. The quantitative estimate of drug-likeness (QED) is 0.621. The zero-order valence-electron chi connectivity index (χ0n) is 7.59. The van der Waals surface area contributed by atoms with E-state index in [1.54, 1.807) is 6.07 Å². The highest BCUT2D eigenvalue weighted by atomic mass is 19.1. The highest BCUT2D eigenvalue weighted by Crippen LogP contribution is 2.20. The van der Waals surface area contributed by atoms with Crippen molar-refractivity contribution >= 4 is 17.3 Å². The van der Waals surface area contributed by atoms with Crippen LogP contribution in [0.25, 0.3) is 0 Å². The van der Waals surface area contributed by atoms with Gasteiger partial charge in [0.1, 0.15) is 5.82 Å². The Kier molecular flexibility index (Phi) is 3.28. The molecule has 1 aromatic carbocycles. The number of rotatable bonds is 4. The van der Waals surface area contributed by atoms with E-state index in [-0.39, 0.29) is 12.1 Å². The lowest BCUT2D eigenvalue weighted by atomic mass is 10.2. The molecule has 0 fully saturated rings. The Morgan fingerprint density at radius 3 is 2.86 bits per heavy atom. The molecule has 0 aliphatic heterocycles. The van der Waals surface area contributed by atoms with Crippen LogP contribution in [0.5, 0.6) is 0 Å². The van der Waals surface area contributed by atoms with E-state index in [9.17, 15) is 9.18 Å². The van der Waals surface area contributed by atoms with Gasteiger partial charge in [-0.2, -0.15) is 0 Å². The van der Waals surface area contributed by atoms with Gasteiger partial charge >= 0.3 is 0 Å². The molecule has 0 unspecified atom stereocenters. The normalized spacial score (nSPS) is 9.79. The fourth-order valence-corrected chi connectivity index (χ4v) is 1.01. The molecule has 5 heteroatoms. The number of para-hydroxylation sites is 1. The third-order valence-electron chi connectivity index (χ3n) is 1.74. The van der Waals surface area contributed by atoms with Crippen LogP contribution in [0.15, 0.2) is 18.2 Å². The maximum Gasteiger partial charge on any atom is 0.219 e. The molecule has 4 nitrogen and oxygen atoms in total. The average molecular weight is 197 g/mol. The van der Waals surface area contributed by atoms with Crippen molar-refractivity contribution in [2.24, 2.45) is 5.73 Å². The van der Waals surface area contributed by atoms with Gasteiger partial charge in [0.2, 0.25) is 5.91 Å². The summed E-state index contributed by atoms with van der Waals surface area (Å²) in [5, 5.41) is 2.82. The van der Waals surface area contributed by atoms with Crippen molar-refractivity contribution in [1.29, 1.82) is 0 Å². The van der Waals surface area contributed by atoms with E-state index < -0.39 is 11.7 Å². The van der Waals surface area contributed by atoms with Crippen LogP contribution in [0.4, 0.5) is 15.8 Å². The van der Waals surface area contributed by atoms with Crippen molar-refractivity contribution in [1.82, 2.24) is 0 Å². The SMILES string of the molecule is NC(=O)CCNc1cccc(F)c1N. The van der Waals surface area contributed by atoms with Crippen molar-refractivity contribution in [2.75, 3.05) is 17.6 Å². The molecule has 1 rings (SSSR count). The van der Waals surface area contributed by atoms with E-state index in [0.717, 1.165) is 0 Å². The minimum Gasteiger partial charge on any atom is -0.395 e. The number of halogens is 1. The van der Waals surface area contributed by atoms with E-state index in [4.69, 9.17) is 11.5 Å². The maximum atomic E-state index is 12.9. The summed E-state index contributed by atoms with van der Waals surface area (Å²) in [6.45, 7) is 0.350. The Hall–Kier alpha value is -1.78. The second kappa shape index (κ2) is 4.45. The minimum atomic E-state index is -0.478. The summed E-state index contributed by atoms with van der Waals surface area (Å²) in [5.41, 5.74) is 10.9. The number of primary amides is 1. The number of carbonyl (C=O) groups is 1. The molecule has 0 bridgehead atoms. The molecular weight excluding hydrogens is 185 g/mol. The van der Waals surface area contributed by atoms with Gasteiger partial charge < -0.3 is 16.8 Å². The molecule has 0 radical (unpaired) electrons. The van der Waals surface area contributed by atoms with Gasteiger partial charge in [-0.15, -0.1) is 0 Å². The number of amides is 1. The Morgan fingerprint density at radius 1 is 1.50 bits per heavy atom. The molecule has 0 saturated heterocycles.